The van der Waals surface area contributed by atoms with E-state index in [1.807, 2.05) is 41.3 Å². The smallest absolute Gasteiger partial charge is 0.228 e. The first-order valence-electron chi connectivity index (χ1n) is 10.5. The van der Waals surface area contributed by atoms with Gasteiger partial charge in [-0.05, 0) is 54.8 Å². The second-order valence-corrected chi connectivity index (χ2v) is 7.76. The summed E-state index contributed by atoms with van der Waals surface area (Å²) in [6.45, 7) is 1.53. The molecule has 3 aromatic rings. The van der Waals surface area contributed by atoms with E-state index in [1.165, 1.54) is 5.56 Å². The van der Waals surface area contributed by atoms with Crippen LogP contribution in [0.2, 0.25) is 0 Å². The monoisotopic (exact) mass is 401 g/mol. The van der Waals surface area contributed by atoms with Gasteiger partial charge in [0.2, 0.25) is 5.91 Å². The molecule has 154 valence electrons. The van der Waals surface area contributed by atoms with E-state index in [0.717, 1.165) is 55.2 Å². The molecule has 4 rings (SSSR count). The highest BCUT2D eigenvalue weighted by Crippen LogP contribution is 2.26. The molecule has 3 heterocycles. The Bertz CT molecular complexity index is 990. The summed E-state index contributed by atoms with van der Waals surface area (Å²) in [6, 6.07) is 20.0. The third kappa shape index (κ3) is 5.03. The number of benzene rings is 1. The minimum Gasteiger partial charge on any atom is -0.497 e. The lowest BCUT2D eigenvalue weighted by Crippen LogP contribution is -2.40. The second kappa shape index (κ2) is 9.53. The van der Waals surface area contributed by atoms with Gasteiger partial charge in [-0.15, -0.1) is 0 Å². The molecule has 0 N–H and O–H groups in total. The van der Waals surface area contributed by atoms with E-state index in [1.54, 1.807) is 13.3 Å². The van der Waals surface area contributed by atoms with E-state index < -0.39 is 0 Å². The number of aromatic nitrogens is 2. The summed E-state index contributed by atoms with van der Waals surface area (Å²) in [5, 5.41) is 0. The number of ether oxygens (including phenoxy) is 1. The van der Waals surface area contributed by atoms with Crippen molar-refractivity contribution in [3.05, 3.63) is 89.5 Å². The normalized spacial score (nSPS) is 16.3. The molecule has 1 aliphatic rings. The summed E-state index contributed by atoms with van der Waals surface area (Å²) >= 11 is 0. The van der Waals surface area contributed by atoms with Crippen molar-refractivity contribution >= 4 is 5.91 Å². The van der Waals surface area contributed by atoms with Crippen LogP contribution < -0.4 is 4.74 Å². The van der Waals surface area contributed by atoms with Gasteiger partial charge in [-0.3, -0.25) is 14.8 Å². The lowest BCUT2D eigenvalue weighted by atomic mass is 9.93. The van der Waals surface area contributed by atoms with E-state index >= 15 is 0 Å². The Morgan fingerprint density at radius 2 is 1.97 bits per heavy atom. The van der Waals surface area contributed by atoms with Gasteiger partial charge in [-0.1, -0.05) is 24.3 Å². The molecule has 2 aromatic heterocycles. The third-order valence-corrected chi connectivity index (χ3v) is 5.60. The van der Waals surface area contributed by atoms with Gasteiger partial charge in [-0.2, -0.15) is 0 Å². The Morgan fingerprint density at radius 1 is 1.10 bits per heavy atom. The minimum absolute atomic E-state index is 0.144. The number of carbonyl (C=O) groups is 1. The van der Waals surface area contributed by atoms with Crippen LogP contribution in [0, 0.1) is 0 Å². The highest BCUT2D eigenvalue weighted by molar-refractivity contribution is 5.78. The van der Waals surface area contributed by atoms with Crippen LogP contribution in [0.3, 0.4) is 0 Å². The lowest BCUT2D eigenvalue weighted by Gasteiger charge is -2.32. The maximum Gasteiger partial charge on any atom is 0.228 e. The zero-order valence-corrected chi connectivity index (χ0v) is 17.3. The first kappa shape index (κ1) is 20.1. The van der Waals surface area contributed by atoms with Crippen molar-refractivity contribution in [3.8, 4) is 5.75 Å². The molecule has 1 aromatic carbocycles. The van der Waals surface area contributed by atoms with Crippen LogP contribution >= 0.6 is 0 Å². The number of pyridine rings is 2. The highest BCUT2D eigenvalue weighted by atomic mass is 16.5. The molecule has 0 aliphatic carbocycles. The molecule has 5 nitrogen and oxygen atoms in total. The average molecular weight is 402 g/mol. The van der Waals surface area contributed by atoms with Crippen LogP contribution in [0.5, 0.6) is 5.75 Å². The van der Waals surface area contributed by atoms with Crippen LogP contribution in [0.15, 0.2) is 66.9 Å². The van der Waals surface area contributed by atoms with Crippen molar-refractivity contribution in [1.82, 2.24) is 14.9 Å². The van der Waals surface area contributed by atoms with Crippen molar-refractivity contribution in [3.63, 3.8) is 0 Å². The summed E-state index contributed by atoms with van der Waals surface area (Å²) in [5.74, 6) is 1.28. The predicted octanol–water partition coefficient (Wildman–Crippen LogP) is 4.02. The van der Waals surface area contributed by atoms with Gasteiger partial charge >= 0.3 is 0 Å². The van der Waals surface area contributed by atoms with Crippen molar-refractivity contribution in [1.29, 1.82) is 0 Å². The molecule has 1 atom stereocenters. The van der Waals surface area contributed by atoms with Crippen LogP contribution in [0.4, 0.5) is 0 Å². The Balaban J connectivity index is 1.43. The van der Waals surface area contributed by atoms with E-state index in [2.05, 4.69) is 29.2 Å². The molecule has 1 fully saturated rings. The molecule has 1 amide bonds. The number of piperidine rings is 1. The predicted molar refractivity (Wildman–Crippen MR) is 117 cm³/mol. The zero-order valence-electron chi connectivity index (χ0n) is 17.3. The SMILES string of the molecule is COc1cccc(Cc2cccc([C@H]3CCCN(C(=O)Cc4ccccn4)C3)n2)c1. The maximum absolute atomic E-state index is 12.8. The largest absolute Gasteiger partial charge is 0.497 e. The van der Waals surface area contributed by atoms with Crippen LogP contribution in [-0.4, -0.2) is 41.0 Å². The van der Waals surface area contributed by atoms with E-state index in [9.17, 15) is 4.79 Å². The molecule has 30 heavy (non-hydrogen) atoms. The Labute approximate surface area is 177 Å². The Kier molecular flexibility index (Phi) is 6.38. The van der Waals surface area contributed by atoms with Gasteiger partial charge in [0.15, 0.2) is 0 Å². The number of carbonyl (C=O) groups excluding carboxylic acids is 1. The number of likely N-dealkylation sites (tertiary alicyclic amines) is 1. The summed E-state index contributed by atoms with van der Waals surface area (Å²) in [6.07, 6.45) is 4.92. The second-order valence-electron chi connectivity index (χ2n) is 7.76. The topological polar surface area (TPSA) is 55.3 Å². The van der Waals surface area contributed by atoms with Gasteiger partial charge in [0, 0.05) is 48.7 Å². The molecule has 1 saturated heterocycles. The molecule has 0 bridgehead atoms. The quantitative estimate of drug-likeness (QED) is 0.626. The maximum atomic E-state index is 12.8. The van der Waals surface area contributed by atoms with Gasteiger partial charge in [-0.25, -0.2) is 0 Å². The molecule has 0 spiro atoms. The lowest BCUT2D eigenvalue weighted by molar-refractivity contribution is -0.131. The van der Waals surface area contributed by atoms with Crippen LogP contribution in [-0.2, 0) is 17.6 Å². The minimum atomic E-state index is 0.144. The molecular formula is C25H27N3O2. The van der Waals surface area contributed by atoms with E-state index in [4.69, 9.17) is 9.72 Å². The summed E-state index contributed by atoms with van der Waals surface area (Å²) in [5.41, 5.74) is 4.11. The average Bonchev–Trinajstić information content (AvgIpc) is 2.80. The third-order valence-electron chi connectivity index (χ3n) is 5.60. The number of nitrogens with zero attached hydrogens (tertiary/aromatic N) is 3. The molecular weight excluding hydrogens is 374 g/mol. The fourth-order valence-electron chi connectivity index (χ4n) is 4.03. The summed E-state index contributed by atoms with van der Waals surface area (Å²) < 4.78 is 5.33. The molecule has 0 saturated carbocycles. The van der Waals surface area contributed by atoms with Gasteiger partial charge in [0.25, 0.3) is 0 Å². The van der Waals surface area contributed by atoms with Crippen molar-refractivity contribution in [2.45, 2.75) is 31.6 Å². The number of methoxy groups -OCH3 is 1. The van der Waals surface area contributed by atoms with Crippen LogP contribution in [0.1, 0.15) is 41.4 Å². The molecule has 0 unspecified atom stereocenters. The standard InChI is InChI=1S/C25H27N3O2/c1-30-23-11-4-7-19(16-23)15-22-10-5-12-24(27-22)20-8-6-14-28(18-20)25(29)17-21-9-2-3-13-26-21/h2-5,7,9-13,16,20H,6,8,14-15,17-18H2,1H3/t20-/m0/s1. The number of hydrogen-bond acceptors (Lipinski definition) is 4. The highest BCUT2D eigenvalue weighted by Gasteiger charge is 2.26. The van der Waals surface area contributed by atoms with Crippen molar-refractivity contribution < 1.29 is 9.53 Å². The molecule has 1 aliphatic heterocycles. The first-order chi connectivity index (χ1) is 14.7. The summed E-state index contributed by atoms with van der Waals surface area (Å²) in [4.78, 5) is 24.0. The van der Waals surface area contributed by atoms with Gasteiger partial charge in [0.1, 0.15) is 5.75 Å². The number of hydrogen-bond donors (Lipinski definition) is 0. The Hall–Kier alpha value is -3.21. The molecule has 0 radical (unpaired) electrons. The van der Waals surface area contributed by atoms with Crippen molar-refractivity contribution in [2.75, 3.05) is 20.2 Å². The van der Waals surface area contributed by atoms with Crippen molar-refractivity contribution in [2.24, 2.45) is 0 Å². The fourth-order valence-corrected chi connectivity index (χ4v) is 4.03. The summed E-state index contributed by atoms with van der Waals surface area (Å²) in [7, 11) is 1.68. The number of rotatable bonds is 6. The van der Waals surface area contributed by atoms with Gasteiger partial charge < -0.3 is 9.64 Å². The van der Waals surface area contributed by atoms with E-state index in [0.29, 0.717) is 6.42 Å². The first-order valence-corrected chi connectivity index (χ1v) is 10.5. The number of amides is 1. The fraction of sp³-hybridized carbons (Fsp3) is 0.320. The Morgan fingerprint density at radius 3 is 2.80 bits per heavy atom. The molecule has 5 heteroatoms. The van der Waals surface area contributed by atoms with Gasteiger partial charge in [0.05, 0.1) is 13.5 Å². The van der Waals surface area contributed by atoms with Crippen LogP contribution in [0.25, 0.3) is 0 Å². The zero-order chi connectivity index (χ0) is 20.8. The van der Waals surface area contributed by atoms with E-state index in [-0.39, 0.29) is 11.8 Å².